The van der Waals surface area contributed by atoms with Crippen LogP contribution < -0.4 is 0 Å². The summed E-state index contributed by atoms with van der Waals surface area (Å²) >= 11 is 0. The molecule has 1 radical (unpaired) electrons. The number of rotatable bonds is 2. The van der Waals surface area contributed by atoms with Crippen LogP contribution in [0.3, 0.4) is 0 Å². The van der Waals surface area contributed by atoms with Gasteiger partial charge in [0.25, 0.3) is 0 Å². The van der Waals surface area contributed by atoms with E-state index in [1.165, 1.54) is 12.1 Å². The Bertz CT molecular complexity index is 926. The summed E-state index contributed by atoms with van der Waals surface area (Å²) < 4.78 is 85.6. The Hall–Kier alpha value is -0.566. The fourth-order valence-electron chi connectivity index (χ4n) is 1.63. The molecule has 0 amide bonds. The summed E-state index contributed by atoms with van der Waals surface area (Å²) in [6.45, 7) is 0. The van der Waals surface area contributed by atoms with Crippen LogP contribution in [0.15, 0.2) is 54.3 Å². The molecule has 0 aromatic heterocycles. The third-order valence-corrected chi connectivity index (χ3v) is 2.59. The molecular formula is C16H15EuF3O3S. The smallest absolute Gasteiger partial charge is 0.448 e. The number of fused-ring (bicyclic) bond motifs is 1. The van der Waals surface area contributed by atoms with E-state index in [1.54, 1.807) is 18.2 Å². The van der Waals surface area contributed by atoms with Crippen LogP contribution in [0.2, 0.25) is 0 Å². The number of hydrogen-bond donors (Lipinski definition) is 1. The summed E-state index contributed by atoms with van der Waals surface area (Å²) in [5.74, 6) is -2.79. The van der Waals surface area contributed by atoms with Crippen molar-refractivity contribution in [2.24, 2.45) is 0 Å². The molecular weight excluding hydrogens is 481 g/mol. The van der Waals surface area contributed by atoms with Crippen LogP contribution in [0.5, 0.6) is 0 Å². The molecule has 0 aliphatic carbocycles. The average molecular weight is 502 g/mol. The zero-order valence-corrected chi connectivity index (χ0v) is 15.0. The number of hydrogen-bond acceptors (Lipinski definition) is 3. The average Bonchev–Trinajstić information content (AvgIpc) is 2.58. The molecule has 3 nitrogen and oxygen atoms in total. The van der Waals surface area contributed by atoms with E-state index in [2.05, 4.69) is 0 Å². The van der Waals surface area contributed by atoms with Gasteiger partial charge in [0.1, 0.15) is 0 Å². The van der Waals surface area contributed by atoms with Crippen LogP contribution >= 0.6 is 0 Å². The molecule has 2 aromatic rings. The van der Waals surface area contributed by atoms with Crippen molar-refractivity contribution in [3.8, 4) is 0 Å². The molecule has 0 heterocycles. The van der Waals surface area contributed by atoms with Gasteiger partial charge in [0.2, 0.25) is 5.76 Å². The minimum atomic E-state index is -4.91. The van der Waals surface area contributed by atoms with Crippen LogP contribution in [-0.4, -0.2) is 33.6 Å². The molecule has 2 aromatic carbocycles. The number of halogens is 3. The van der Waals surface area contributed by atoms with E-state index in [0.29, 0.717) is 0 Å². The molecule has 2 rings (SSSR count). The second-order valence-corrected chi connectivity index (χ2v) is 4.76. The Kier molecular flexibility index (Phi) is 6.34. The van der Waals surface area contributed by atoms with Gasteiger partial charge in [-0.3, -0.25) is 9.00 Å². The predicted molar refractivity (Wildman–Crippen MR) is 85.0 cm³/mol. The first kappa shape index (κ1) is 14.6. The van der Waals surface area contributed by atoms with Crippen molar-refractivity contribution in [1.29, 1.82) is 0 Å². The monoisotopic (exact) mass is 503 g/mol. The summed E-state index contributed by atoms with van der Waals surface area (Å²) in [7, 11) is -2.75. The fraction of sp³-hybridized carbons (Fsp3) is 0.188. The Morgan fingerprint density at radius 2 is 1.75 bits per heavy atom. The molecule has 0 bridgehead atoms. The first-order valence-electron chi connectivity index (χ1n) is 8.96. The van der Waals surface area contributed by atoms with Crippen LogP contribution in [0.1, 0.15) is 18.6 Å². The molecule has 0 aliphatic heterocycles. The van der Waals surface area contributed by atoms with Gasteiger partial charge in [-0.15, -0.1) is 0 Å². The van der Waals surface area contributed by atoms with Gasteiger partial charge in [0, 0.05) is 92.4 Å². The Labute approximate surface area is 189 Å². The summed E-state index contributed by atoms with van der Waals surface area (Å²) in [5, 5.41) is 10.4. The second-order valence-electron chi connectivity index (χ2n) is 4.22. The van der Waals surface area contributed by atoms with E-state index >= 15 is 0 Å². The maximum absolute atomic E-state index is 12.1. The van der Waals surface area contributed by atoms with Crippen LogP contribution in [0.25, 0.3) is 10.8 Å². The van der Waals surface area contributed by atoms with E-state index in [9.17, 15) is 22.2 Å². The minimum Gasteiger partial charge on any atom is -0.504 e. The number of ketones is 1. The SMILES string of the molecule is O=C(/C=C(\O)C(F)(F)F)c1ccc2ccccc2c1.[2H]C([2H])([2H])S(=O)C([2H])([2H])[2H].[Eu]. The molecule has 131 valence electrons. The van der Waals surface area contributed by atoms with Crippen LogP contribution in [-0.2, 0) is 10.8 Å². The maximum atomic E-state index is 12.1. The predicted octanol–water partition coefficient (Wildman–Crippen LogP) is 4.02. The molecule has 24 heavy (non-hydrogen) atoms. The molecule has 0 spiro atoms. The Morgan fingerprint density at radius 3 is 2.25 bits per heavy atom. The van der Waals surface area contributed by atoms with Gasteiger partial charge in [-0.1, -0.05) is 36.4 Å². The van der Waals surface area contributed by atoms with Crippen molar-refractivity contribution in [2.45, 2.75) is 6.18 Å². The zero-order valence-electron chi connectivity index (χ0n) is 17.8. The van der Waals surface area contributed by atoms with Crippen molar-refractivity contribution < 1.29 is 84.9 Å². The number of carbonyl (C=O) groups excluding carboxylic acids is 1. The number of alkyl halides is 3. The third kappa shape index (κ3) is 8.01. The first-order chi connectivity index (χ1) is 13.0. The maximum Gasteiger partial charge on any atom is 0.448 e. The van der Waals surface area contributed by atoms with Crippen molar-refractivity contribution in [1.82, 2.24) is 0 Å². The standard InChI is InChI=1S/C14H9F3O2.C2H6OS.Eu/c15-14(16,17)13(19)8-12(18)11-6-5-9-3-1-2-4-10(9)7-11;1-4(2)3;/h1-8,19H;1-2H3;/b13-8-;;/i;1D3,2D3;. The van der Waals surface area contributed by atoms with Gasteiger partial charge in [-0.25, -0.2) is 0 Å². The number of carbonyl (C=O) groups is 1. The normalized spacial score (nSPS) is 16.2. The fourth-order valence-corrected chi connectivity index (χ4v) is 1.63. The molecule has 0 saturated heterocycles. The largest absolute Gasteiger partial charge is 0.504 e. The van der Waals surface area contributed by atoms with Crippen molar-refractivity contribution in [3.63, 3.8) is 0 Å². The van der Waals surface area contributed by atoms with Gasteiger partial charge in [-0.2, -0.15) is 13.2 Å². The van der Waals surface area contributed by atoms with Gasteiger partial charge in [0.15, 0.2) is 5.78 Å². The quantitative estimate of drug-likeness (QED) is 0.384. The van der Waals surface area contributed by atoms with Crippen LogP contribution in [0, 0.1) is 49.4 Å². The number of allylic oxidation sites excluding steroid dienone is 2. The Balaban J connectivity index is 0.000000658. The third-order valence-electron chi connectivity index (χ3n) is 2.59. The van der Waals surface area contributed by atoms with E-state index in [0.717, 1.165) is 10.8 Å². The summed E-state index contributed by atoms with van der Waals surface area (Å²) in [5.41, 5.74) is 0.0921. The summed E-state index contributed by atoms with van der Waals surface area (Å²) in [6, 6.07) is 11.7. The summed E-state index contributed by atoms with van der Waals surface area (Å²) in [4.78, 5) is 11.6. The van der Waals surface area contributed by atoms with Gasteiger partial charge in [-0.05, 0) is 16.8 Å². The molecule has 8 heteroatoms. The number of benzene rings is 2. The van der Waals surface area contributed by atoms with Gasteiger partial charge in [0.05, 0.1) is 0 Å². The molecule has 0 saturated carbocycles. The van der Waals surface area contributed by atoms with E-state index in [4.69, 9.17) is 13.3 Å². The van der Waals surface area contributed by atoms with Crippen molar-refractivity contribution in [3.05, 3.63) is 59.9 Å². The molecule has 0 unspecified atom stereocenters. The number of aliphatic hydroxyl groups is 1. The topological polar surface area (TPSA) is 54.4 Å². The molecule has 1 N–H and O–H groups in total. The Morgan fingerprint density at radius 1 is 1.17 bits per heavy atom. The number of aliphatic hydroxyl groups excluding tert-OH is 1. The van der Waals surface area contributed by atoms with E-state index in [1.807, 2.05) is 12.1 Å². The molecule has 0 fully saturated rings. The van der Waals surface area contributed by atoms with Gasteiger partial charge >= 0.3 is 6.18 Å². The summed E-state index contributed by atoms with van der Waals surface area (Å²) in [6.07, 6.45) is -10.5. The van der Waals surface area contributed by atoms with Gasteiger partial charge < -0.3 is 5.11 Å². The van der Waals surface area contributed by atoms with Crippen molar-refractivity contribution in [2.75, 3.05) is 12.4 Å². The second kappa shape index (κ2) is 10.4. The molecule has 0 atom stereocenters. The zero-order chi connectivity index (χ0) is 22.6. The first-order valence-corrected chi connectivity index (χ1v) is 7.11. The van der Waals surface area contributed by atoms with E-state index < -0.39 is 40.9 Å². The minimum absolute atomic E-state index is 0. The molecule has 0 aliphatic rings. The van der Waals surface area contributed by atoms with Crippen LogP contribution in [0.4, 0.5) is 13.2 Å². The van der Waals surface area contributed by atoms with Crippen molar-refractivity contribution >= 4 is 27.4 Å². The van der Waals surface area contributed by atoms with E-state index in [-0.39, 0.29) is 61.0 Å².